The second-order valence-electron chi connectivity index (χ2n) is 4.30. The fourth-order valence-electron chi connectivity index (χ4n) is 1.35. The number of amides is 2. The summed E-state index contributed by atoms with van der Waals surface area (Å²) in [5, 5.41) is 13.3. The van der Waals surface area contributed by atoms with Crippen LogP contribution >= 0.6 is 0 Å². The van der Waals surface area contributed by atoms with E-state index in [1.165, 1.54) is 19.1 Å². The summed E-state index contributed by atoms with van der Waals surface area (Å²) in [5.41, 5.74) is 0.704. The highest BCUT2D eigenvalue weighted by Gasteiger charge is 2.13. The number of hydrogen-bond donors (Lipinski definition) is 3. The van der Waals surface area contributed by atoms with Crippen LogP contribution < -0.4 is 10.6 Å². The largest absolute Gasteiger partial charge is 0.480 e. The van der Waals surface area contributed by atoms with Crippen LogP contribution in [0.5, 0.6) is 0 Å². The number of hydrogen-bond acceptors (Lipinski definition) is 4. The van der Waals surface area contributed by atoms with Gasteiger partial charge in [-0.05, 0) is 24.6 Å². The summed E-state index contributed by atoms with van der Waals surface area (Å²) in [6.45, 7) is 1.52. The molecule has 1 atom stereocenters. The van der Waals surface area contributed by atoms with Crippen molar-refractivity contribution in [2.24, 2.45) is 0 Å². The Morgan fingerprint density at radius 3 is 2.25 bits per heavy atom. The van der Waals surface area contributed by atoms with Crippen molar-refractivity contribution >= 4 is 21.8 Å². The molecule has 1 aromatic rings. The predicted octanol–water partition coefficient (Wildman–Crippen LogP) is 0.362. The molecule has 2 amide bonds. The number of rotatable bonds is 5. The quantitative estimate of drug-likeness (QED) is 0.727. The molecular formula is C12H16N2O5S. The molecule has 0 heterocycles. The van der Waals surface area contributed by atoms with Crippen molar-refractivity contribution < 1.29 is 23.1 Å². The lowest BCUT2D eigenvalue weighted by atomic mass is 10.2. The highest BCUT2D eigenvalue weighted by molar-refractivity contribution is 7.90. The molecule has 8 heteroatoms. The average Bonchev–Trinajstić information content (AvgIpc) is 2.35. The first-order valence-corrected chi connectivity index (χ1v) is 7.65. The molecule has 0 aromatic heterocycles. The Bertz CT molecular complexity index is 595. The van der Waals surface area contributed by atoms with Crippen LogP contribution in [-0.2, 0) is 21.2 Å². The molecule has 3 N–H and O–H groups in total. The average molecular weight is 300 g/mol. The van der Waals surface area contributed by atoms with Gasteiger partial charge < -0.3 is 15.7 Å². The lowest BCUT2D eigenvalue weighted by Crippen LogP contribution is -2.44. The summed E-state index contributed by atoms with van der Waals surface area (Å²) in [6, 6.07) is 4.47. The Labute approximate surface area is 116 Å². The molecular weight excluding hydrogens is 284 g/mol. The third-order valence-electron chi connectivity index (χ3n) is 2.52. The third kappa shape index (κ3) is 4.88. The van der Waals surface area contributed by atoms with Gasteiger partial charge in [-0.1, -0.05) is 12.1 Å². The Kier molecular flexibility index (Phi) is 5.09. The number of benzene rings is 1. The van der Waals surface area contributed by atoms with Gasteiger partial charge in [0.15, 0.2) is 9.84 Å². The fourth-order valence-corrected chi connectivity index (χ4v) is 1.98. The summed E-state index contributed by atoms with van der Waals surface area (Å²) in [6.07, 6.45) is 1.11. The Balaban J connectivity index is 2.54. The van der Waals surface area contributed by atoms with E-state index in [9.17, 15) is 18.0 Å². The van der Waals surface area contributed by atoms with Gasteiger partial charge in [0.1, 0.15) is 6.04 Å². The SMILES string of the molecule is CC(NC(=O)NCc1ccc(S(C)(=O)=O)cc1)C(=O)O. The first-order valence-electron chi connectivity index (χ1n) is 5.76. The van der Waals surface area contributed by atoms with Crippen molar-refractivity contribution in [3.8, 4) is 0 Å². The zero-order chi connectivity index (χ0) is 15.3. The molecule has 0 saturated carbocycles. The normalized spacial score (nSPS) is 12.5. The molecule has 0 bridgehead atoms. The molecule has 1 aromatic carbocycles. The van der Waals surface area contributed by atoms with Crippen LogP contribution in [0.15, 0.2) is 29.2 Å². The van der Waals surface area contributed by atoms with Gasteiger partial charge in [0.25, 0.3) is 0 Å². The lowest BCUT2D eigenvalue weighted by molar-refractivity contribution is -0.138. The van der Waals surface area contributed by atoms with Gasteiger partial charge in [-0.2, -0.15) is 0 Å². The third-order valence-corrected chi connectivity index (χ3v) is 3.65. The number of carboxylic acids is 1. The van der Waals surface area contributed by atoms with Crippen LogP contribution in [-0.4, -0.2) is 37.8 Å². The second kappa shape index (κ2) is 6.38. The molecule has 20 heavy (non-hydrogen) atoms. The van der Waals surface area contributed by atoms with E-state index in [1.54, 1.807) is 12.1 Å². The maximum atomic E-state index is 11.4. The zero-order valence-corrected chi connectivity index (χ0v) is 11.9. The molecule has 0 spiro atoms. The monoisotopic (exact) mass is 300 g/mol. The van der Waals surface area contributed by atoms with E-state index in [0.717, 1.165) is 6.26 Å². The summed E-state index contributed by atoms with van der Waals surface area (Å²) in [5.74, 6) is -1.13. The molecule has 1 unspecified atom stereocenters. The Hall–Kier alpha value is -2.09. The van der Waals surface area contributed by atoms with Crippen molar-refractivity contribution in [3.63, 3.8) is 0 Å². The van der Waals surface area contributed by atoms with Gasteiger partial charge in [0.05, 0.1) is 4.90 Å². The lowest BCUT2D eigenvalue weighted by Gasteiger charge is -2.10. The molecule has 0 radical (unpaired) electrons. The Morgan fingerprint density at radius 1 is 1.25 bits per heavy atom. The second-order valence-corrected chi connectivity index (χ2v) is 6.32. The summed E-state index contributed by atoms with van der Waals surface area (Å²) >= 11 is 0. The highest BCUT2D eigenvalue weighted by atomic mass is 32.2. The maximum Gasteiger partial charge on any atom is 0.325 e. The van der Waals surface area contributed by atoms with Crippen LogP contribution in [0, 0.1) is 0 Å². The first-order chi connectivity index (χ1) is 9.20. The predicted molar refractivity (Wildman–Crippen MR) is 72.0 cm³/mol. The number of urea groups is 1. The minimum absolute atomic E-state index is 0.169. The summed E-state index contributed by atoms with van der Waals surface area (Å²) < 4.78 is 22.5. The van der Waals surface area contributed by atoms with E-state index in [0.29, 0.717) is 5.56 Å². The van der Waals surface area contributed by atoms with Crippen LogP contribution in [0.3, 0.4) is 0 Å². The number of sulfone groups is 1. The number of carbonyl (C=O) groups excluding carboxylic acids is 1. The minimum atomic E-state index is -3.24. The van der Waals surface area contributed by atoms with Gasteiger partial charge >= 0.3 is 12.0 Å². The summed E-state index contributed by atoms with van der Waals surface area (Å²) in [7, 11) is -3.24. The van der Waals surface area contributed by atoms with E-state index in [-0.39, 0.29) is 11.4 Å². The molecule has 0 aliphatic heterocycles. The van der Waals surface area contributed by atoms with E-state index in [4.69, 9.17) is 5.11 Å². The van der Waals surface area contributed by atoms with Crippen LogP contribution in [0.1, 0.15) is 12.5 Å². The summed E-state index contributed by atoms with van der Waals surface area (Å²) in [4.78, 5) is 22.1. The molecule has 110 valence electrons. The van der Waals surface area contributed by atoms with Crippen molar-refractivity contribution in [3.05, 3.63) is 29.8 Å². The van der Waals surface area contributed by atoms with E-state index in [1.807, 2.05) is 0 Å². The first kappa shape index (κ1) is 16.0. The maximum absolute atomic E-state index is 11.4. The van der Waals surface area contributed by atoms with Crippen molar-refractivity contribution in [1.82, 2.24) is 10.6 Å². The van der Waals surface area contributed by atoms with Crippen LogP contribution in [0.2, 0.25) is 0 Å². The van der Waals surface area contributed by atoms with E-state index >= 15 is 0 Å². The molecule has 0 fully saturated rings. The molecule has 7 nitrogen and oxygen atoms in total. The smallest absolute Gasteiger partial charge is 0.325 e. The standard InChI is InChI=1S/C12H16N2O5S/c1-8(11(15)16)14-12(17)13-7-9-3-5-10(6-4-9)20(2,18)19/h3-6,8H,7H2,1-2H3,(H,15,16)(H2,13,14,17). The number of nitrogens with one attached hydrogen (secondary N) is 2. The van der Waals surface area contributed by atoms with Gasteiger partial charge in [-0.15, -0.1) is 0 Å². The van der Waals surface area contributed by atoms with E-state index in [2.05, 4.69) is 10.6 Å². The van der Waals surface area contributed by atoms with Gasteiger partial charge in [-0.3, -0.25) is 4.79 Å². The molecule has 0 aliphatic carbocycles. The number of carbonyl (C=O) groups is 2. The fraction of sp³-hybridized carbons (Fsp3) is 0.333. The van der Waals surface area contributed by atoms with E-state index < -0.39 is 27.9 Å². The number of carboxylic acid groups (broad SMARTS) is 1. The number of aliphatic carboxylic acids is 1. The Morgan fingerprint density at radius 2 is 1.80 bits per heavy atom. The van der Waals surface area contributed by atoms with Crippen molar-refractivity contribution in [2.45, 2.75) is 24.4 Å². The van der Waals surface area contributed by atoms with Gasteiger partial charge in [0, 0.05) is 12.8 Å². The zero-order valence-electron chi connectivity index (χ0n) is 11.1. The minimum Gasteiger partial charge on any atom is -0.480 e. The molecule has 0 saturated heterocycles. The topological polar surface area (TPSA) is 113 Å². The van der Waals surface area contributed by atoms with Crippen LogP contribution in [0.4, 0.5) is 4.79 Å². The van der Waals surface area contributed by atoms with Crippen molar-refractivity contribution in [2.75, 3.05) is 6.26 Å². The van der Waals surface area contributed by atoms with Crippen LogP contribution in [0.25, 0.3) is 0 Å². The van der Waals surface area contributed by atoms with Crippen molar-refractivity contribution in [1.29, 1.82) is 0 Å². The highest BCUT2D eigenvalue weighted by Crippen LogP contribution is 2.09. The molecule has 0 aliphatic rings. The van der Waals surface area contributed by atoms with Gasteiger partial charge in [0.2, 0.25) is 0 Å². The molecule has 1 rings (SSSR count). The van der Waals surface area contributed by atoms with Gasteiger partial charge in [-0.25, -0.2) is 13.2 Å².